The Hall–Kier alpha value is -2.95. The van der Waals surface area contributed by atoms with E-state index in [0.717, 1.165) is 40.5 Å². The van der Waals surface area contributed by atoms with Crippen molar-refractivity contribution in [3.63, 3.8) is 0 Å². The molecule has 1 amide bonds. The normalized spacial score (nSPS) is 13.3. The minimum absolute atomic E-state index is 0.0255. The maximum absolute atomic E-state index is 13.7. The minimum Gasteiger partial charge on any atom is -0.507 e. The van der Waals surface area contributed by atoms with Crippen LogP contribution in [0.1, 0.15) is 28.8 Å². The first-order chi connectivity index (χ1) is 17.0. The molecule has 0 unspecified atom stereocenters. The standard InChI is InChI=1S/C25H21BrN4O3S2/c26-16-10-11-19(31)15(12-16)13-27-29-21(32)14-34-25-28-23-22(18-8-4-5-9-20(18)35-23)24(33)30(25)17-6-2-1-3-7-17/h1-3,6-7,10-13,31H,4-5,8-9,14H2,(H,29,32). The van der Waals surface area contributed by atoms with Crippen LogP contribution < -0.4 is 11.0 Å². The van der Waals surface area contributed by atoms with Crippen molar-refractivity contribution in [1.29, 1.82) is 0 Å². The van der Waals surface area contributed by atoms with E-state index in [1.54, 1.807) is 28.0 Å². The number of carbonyl (C=O) groups excluding carboxylic acids is 1. The molecule has 0 fully saturated rings. The first-order valence-corrected chi connectivity index (χ1v) is 13.7. The fourth-order valence-corrected chi connectivity index (χ4v) is 6.54. The number of phenols is 1. The van der Waals surface area contributed by atoms with E-state index in [-0.39, 0.29) is 23.0 Å². The van der Waals surface area contributed by atoms with Gasteiger partial charge in [0.1, 0.15) is 10.6 Å². The number of benzene rings is 2. The number of thiophene rings is 1. The van der Waals surface area contributed by atoms with Crippen LogP contribution in [0.4, 0.5) is 0 Å². The summed E-state index contributed by atoms with van der Waals surface area (Å²) in [5.41, 5.74) is 4.70. The molecule has 0 atom stereocenters. The van der Waals surface area contributed by atoms with Crippen molar-refractivity contribution in [1.82, 2.24) is 15.0 Å². The molecule has 1 aliphatic rings. The molecule has 178 valence electrons. The number of aryl methyl sites for hydroxylation is 2. The van der Waals surface area contributed by atoms with Gasteiger partial charge in [-0.2, -0.15) is 5.10 Å². The van der Waals surface area contributed by atoms with E-state index in [4.69, 9.17) is 4.98 Å². The number of aromatic hydroxyl groups is 1. The summed E-state index contributed by atoms with van der Waals surface area (Å²) >= 11 is 6.12. The Morgan fingerprint density at radius 2 is 2.03 bits per heavy atom. The molecule has 35 heavy (non-hydrogen) atoms. The quantitative estimate of drug-likeness (QED) is 0.147. The van der Waals surface area contributed by atoms with Crippen LogP contribution in [0.15, 0.2) is 68.1 Å². The van der Waals surface area contributed by atoms with Crippen molar-refractivity contribution >= 4 is 61.4 Å². The van der Waals surface area contributed by atoms with Crippen LogP contribution in [0.3, 0.4) is 0 Å². The zero-order valence-corrected chi connectivity index (χ0v) is 21.8. The van der Waals surface area contributed by atoms with Gasteiger partial charge < -0.3 is 5.11 Å². The molecule has 5 rings (SSSR count). The number of nitrogens with one attached hydrogen (secondary N) is 1. The van der Waals surface area contributed by atoms with Crippen molar-refractivity contribution in [3.05, 3.63) is 79.4 Å². The van der Waals surface area contributed by atoms with Crippen molar-refractivity contribution in [3.8, 4) is 11.4 Å². The number of rotatable bonds is 6. The summed E-state index contributed by atoms with van der Waals surface area (Å²) < 4.78 is 2.39. The molecule has 2 aromatic carbocycles. The third-order valence-electron chi connectivity index (χ3n) is 5.69. The average Bonchev–Trinajstić information content (AvgIpc) is 3.24. The third-order valence-corrected chi connectivity index (χ3v) is 8.30. The lowest BCUT2D eigenvalue weighted by Crippen LogP contribution is -2.24. The predicted octanol–water partition coefficient (Wildman–Crippen LogP) is 5.04. The minimum atomic E-state index is -0.347. The van der Waals surface area contributed by atoms with Crippen molar-refractivity contribution in [2.75, 3.05) is 5.75 Å². The summed E-state index contributed by atoms with van der Waals surface area (Å²) in [6.07, 6.45) is 5.48. The number of amides is 1. The fourth-order valence-electron chi connectivity index (χ4n) is 4.05. The summed E-state index contributed by atoms with van der Waals surface area (Å²) in [6.45, 7) is 0. The van der Waals surface area contributed by atoms with E-state index in [2.05, 4.69) is 26.5 Å². The van der Waals surface area contributed by atoms with Gasteiger partial charge >= 0.3 is 0 Å². The molecular formula is C25H21BrN4O3S2. The van der Waals surface area contributed by atoms with Crippen LogP contribution in [-0.2, 0) is 17.6 Å². The molecular weight excluding hydrogens is 548 g/mol. The molecule has 0 aliphatic heterocycles. The summed E-state index contributed by atoms with van der Waals surface area (Å²) in [5.74, 6) is -0.263. The number of para-hydroxylation sites is 1. The van der Waals surface area contributed by atoms with Gasteiger partial charge in [-0.15, -0.1) is 11.3 Å². The second-order valence-electron chi connectivity index (χ2n) is 8.05. The summed E-state index contributed by atoms with van der Waals surface area (Å²) in [7, 11) is 0. The lowest BCUT2D eigenvalue weighted by atomic mass is 9.97. The summed E-state index contributed by atoms with van der Waals surface area (Å²) in [5, 5.41) is 15.0. The first kappa shape index (κ1) is 23.8. The molecule has 10 heteroatoms. The average molecular weight is 570 g/mol. The number of fused-ring (bicyclic) bond motifs is 3. The Morgan fingerprint density at radius 1 is 1.23 bits per heavy atom. The van der Waals surface area contributed by atoms with Crippen molar-refractivity contribution < 1.29 is 9.90 Å². The number of carbonyl (C=O) groups is 1. The largest absolute Gasteiger partial charge is 0.507 e. The number of hydrazone groups is 1. The van der Waals surface area contributed by atoms with Crippen LogP contribution in [0.5, 0.6) is 5.75 Å². The Labute approximate surface area is 218 Å². The fraction of sp³-hybridized carbons (Fsp3) is 0.200. The molecule has 4 aromatic rings. The van der Waals surface area contributed by atoms with E-state index < -0.39 is 0 Å². The summed E-state index contributed by atoms with van der Waals surface area (Å²) in [4.78, 5) is 33.0. The van der Waals surface area contributed by atoms with Gasteiger partial charge in [0.15, 0.2) is 5.16 Å². The van der Waals surface area contributed by atoms with Crippen molar-refractivity contribution in [2.24, 2.45) is 5.10 Å². The highest BCUT2D eigenvalue weighted by atomic mass is 79.9. The maximum atomic E-state index is 13.7. The van der Waals surface area contributed by atoms with E-state index in [1.165, 1.54) is 28.9 Å². The molecule has 2 aromatic heterocycles. The van der Waals surface area contributed by atoms with Gasteiger partial charge in [0.2, 0.25) is 0 Å². The number of aromatic nitrogens is 2. The number of hydrogen-bond acceptors (Lipinski definition) is 7. The Morgan fingerprint density at radius 3 is 2.86 bits per heavy atom. The van der Waals surface area contributed by atoms with E-state index in [1.807, 2.05) is 30.3 Å². The SMILES string of the molecule is O=C(CSc1nc2sc3c(c2c(=O)n1-c1ccccc1)CCCC3)NN=Cc1cc(Br)ccc1O. The topological polar surface area (TPSA) is 96.6 Å². The van der Waals surface area contributed by atoms with Gasteiger partial charge in [-0.05, 0) is 61.6 Å². The first-order valence-electron chi connectivity index (χ1n) is 11.1. The Balaban J connectivity index is 1.41. The number of halogens is 1. The highest BCUT2D eigenvalue weighted by molar-refractivity contribution is 9.10. The molecule has 0 bridgehead atoms. The number of nitrogens with zero attached hydrogens (tertiary/aromatic N) is 3. The van der Waals surface area contributed by atoms with Crippen LogP contribution in [0.25, 0.3) is 15.9 Å². The van der Waals surface area contributed by atoms with E-state index in [0.29, 0.717) is 21.8 Å². The zero-order valence-electron chi connectivity index (χ0n) is 18.5. The summed E-state index contributed by atoms with van der Waals surface area (Å²) in [6, 6.07) is 14.3. The second kappa shape index (κ2) is 10.3. The highest BCUT2D eigenvalue weighted by Crippen LogP contribution is 2.35. The Bertz CT molecular complexity index is 1500. The van der Waals surface area contributed by atoms with Gasteiger partial charge in [0.25, 0.3) is 11.5 Å². The highest BCUT2D eigenvalue weighted by Gasteiger charge is 2.23. The molecule has 2 heterocycles. The second-order valence-corrected chi connectivity index (χ2v) is 11.0. The molecule has 0 saturated heterocycles. The molecule has 2 N–H and O–H groups in total. The monoisotopic (exact) mass is 568 g/mol. The molecule has 7 nitrogen and oxygen atoms in total. The molecule has 1 aliphatic carbocycles. The van der Waals surface area contributed by atoms with Crippen LogP contribution in [0, 0.1) is 0 Å². The number of phenolic OH excluding ortho intramolecular Hbond substituents is 1. The van der Waals surface area contributed by atoms with Gasteiger partial charge in [0, 0.05) is 14.9 Å². The molecule has 0 saturated carbocycles. The van der Waals surface area contributed by atoms with Crippen LogP contribution >= 0.6 is 39.0 Å². The molecule has 0 spiro atoms. The molecule has 0 radical (unpaired) electrons. The van der Waals surface area contributed by atoms with Crippen LogP contribution in [0.2, 0.25) is 0 Å². The van der Waals surface area contributed by atoms with Gasteiger partial charge in [-0.3, -0.25) is 14.2 Å². The zero-order chi connectivity index (χ0) is 24.4. The van der Waals surface area contributed by atoms with E-state index in [9.17, 15) is 14.7 Å². The number of thioether (sulfide) groups is 1. The van der Waals surface area contributed by atoms with Gasteiger partial charge in [-0.25, -0.2) is 10.4 Å². The third kappa shape index (κ3) is 5.05. The lowest BCUT2D eigenvalue weighted by Gasteiger charge is -2.13. The maximum Gasteiger partial charge on any atom is 0.267 e. The lowest BCUT2D eigenvalue weighted by molar-refractivity contribution is -0.118. The predicted molar refractivity (Wildman–Crippen MR) is 144 cm³/mol. The van der Waals surface area contributed by atoms with Crippen molar-refractivity contribution in [2.45, 2.75) is 30.8 Å². The Kier molecular flexibility index (Phi) is 7.03. The smallest absolute Gasteiger partial charge is 0.267 e. The number of hydrogen-bond donors (Lipinski definition) is 2. The van der Waals surface area contributed by atoms with Gasteiger partial charge in [0.05, 0.1) is 23.0 Å². The van der Waals surface area contributed by atoms with E-state index >= 15 is 0 Å². The van der Waals surface area contributed by atoms with Crippen LogP contribution in [-0.4, -0.2) is 32.5 Å². The van der Waals surface area contributed by atoms with Gasteiger partial charge in [-0.1, -0.05) is 45.9 Å².